The van der Waals surface area contributed by atoms with Crippen molar-refractivity contribution in [2.24, 2.45) is 0 Å². The van der Waals surface area contributed by atoms with Gasteiger partial charge in [-0.1, -0.05) is 138 Å². The van der Waals surface area contributed by atoms with Crippen LogP contribution in [0.2, 0.25) is 0 Å². The molecule has 0 N–H and O–H groups in total. The lowest BCUT2D eigenvalue weighted by Gasteiger charge is -2.23. The van der Waals surface area contributed by atoms with Crippen LogP contribution in [-0.4, -0.2) is 43.6 Å². The van der Waals surface area contributed by atoms with Crippen molar-refractivity contribution in [3.63, 3.8) is 0 Å². The molecule has 0 heterocycles. The molecule has 490 valence electrons. The molecule has 0 aliphatic heterocycles. The maximum absolute atomic E-state index is 14.5. The molecule has 0 aliphatic carbocycles. The molecule has 13 rings (SSSR count). The van der Waals surface area contributed by atoms with Gasteiger partial charge in [-0.3, -0.25) is 38.7 Å². The summed E-state index contributed by atoms with van der Waals surface area (Å²) in [7, 11) is 3.50. The molecule has 0 saturated heterocycles. The first-order chi connectivity index (χ1) is 50.5. The summed E-state index contributed by atoms with van der Waals surface area (Å²) in [4.78, 5) is 77.6. The van der Waals surface area contributed by atoms with Gasteiger partial charge in [-0.05, 0) is 255 Å². The van der Waals surface area contributed by atoms with E-state index in [0.717, 1.165) is 50.3 Å². The van der Waals surface area contributed by atoms with Gasteiger partial charge in [-0.15, -0.1) is 0 Å². The molecule has 13 aromatic carbocycles. The van der Waals surface area contributed by atoms with Gasteiger partial charge < -0.3 is 9.80 Å². The van der Waals surface area contributed by atoms with Crippen molar-refractivity contribution in [3.05, 3.63) is 418 Å². The lowest BCUT2D eigenvalue weighted by molar-refractivity contribution is 0.0985. The molecule has 103 heavy (non-hydrogen) atoms. The molecule has 0 fully saturated rings. The van der Waals surface area contributed by atoms with Crippen molar-refractivity contribution >= 4 is 75.0 Å². The summed E-state index contributed by atoms with van der Waals surface area (Å²) >= 11 is 0. The third-order valence-corrected chi connectivity index (χ3v) is 17.0. The van der Waals surface area contributed by atoms with E-state index in [2.05, 4.69) is 47.4 Å². The summed E-state index contributed by atoms with van der Waals surface area (Å²) in [5.41, 5.74) is 14.2. The summed E-state index contributed by atoms with van der Waals surface area (Å²) in [6, 6.07) is 106. The largest absolute Gasteiger partial charge is 0.311 e. The van der Waals surface area contributed by atoms with Crippen molar-refractivity contribution < 1.29 is 24.0 Å². The maximum Gasteiger partial charge on any atom is 0.262 e. The highest BCUT2D eigenvalue weighted by Gasteiger charge is 2.24. The smallest absolute Gasteiger partial charge is 0.262 e. The molecule has 10 heteroatoms. The Hall–Kier alpha value is -14.6. The molecule has 0 atom stereocenters. The minimum absolute atomic E-state index is 0.0985. The number of benzene rings is 13. The van der Waals surface area contributed by atoms with Crippen molar-refractivity contribution in [2.75, 3.05) is 38.6 Å². The first kappa shape index (κ1) is 67.0. The van der Waals surface area contributed by atoms with Crippen LogP contribution < -0.4 is 24.5 Å². The summed E-state index contributed by atoms with van der Waals surface area (Å²) in [5, 5.41) is 0. The summed E-state index contributed by atoms with van der Waals surface area (Å²) in [5.74, 6) is 24.9. The quantitative estimate of drug-likeness (QED) is 0.107. The van der Waals surface area contributed by atoms with Crippen molar-refractivity contribution in [2.45, 2.75) is 0 Å². The average Bonchev–Trinajstić information content (AvgIpc) is 0.830. The molecule has 13 aromatic rings. The highest BCUT2D eigenvalue weighted by Crippen LogP contribution is 2.32. The Balaban J connectivity index is 0.637. The Kier molecular flexibility index (Phi) is 20.7. The number of amides is 5. The molecule has 0 bridgehead atoms. The molecule has 0 aliphatic rings. The van der Waals surface area contributed by atoms with Gasteiger partial charge in [-0.25, -0.2) is 0 Å². The molecule has 0 saturated carbocycles. The minimum Gasteiger partial charge on any atom is -0.311 e. The Labute approximate surface area is 599 Å². The third kappa shape index (κ3) is 16.4. The zero-order valence-electron chi connectivity index (χ0n) is 56.2. The predicted molar refractivity (Wildman–Crippen MR) is 413 cm³/mol. The van der Waals surface area contributed by atoms with Crippen LogP contribution in [0.15, 0.2) is 346 Å². The number of hydrogen-bond donors (Lipinski definition) is 0. The van der Waals surface area contributed by atoms with Gasteiger partial charge in [0, 0.05) is 132 Å². The van der Waals surface area contributed by atoms with Gasteiger partial charge in [0.1, 0.15) is 0 Å². The predicted octanol–water partition coefficient (Wildman–Crippen LogP) is 18.8. The van der Waals surface area contributed by atoms with Crippen molar-refractivity contribution in [3.8, 4) is 47.4 Å². The summed E-state index contributed by atoms with van der Waals surface area (Å²) in [6.07, 6.45) is 0. The fourth-order valence-corrected chi connectivity index (χ4v) is 11.3. The fourth-order valence-electron chi connectivity index (χ4n) is 11.3. The van der Waals surface area contributed by atoms with E-state index in [9.17, 15) is 24.0 Å². The van der Waals surface area contributed by atoms with Crippen molar-refractivity contribution in [1.29, 1.82) is 0 Å². The van der Waals surface area contributed by atoms with Gasteiger partial charge in [0.15, 0.2) is 0 Å². The Morgan fingerprint density at radius 1 is 0.175 bits per heavy atom. The number of carbonyl (C=O) groups excluding carboxylic acids is 5. The van der Waals surface area contributed by atoms with E-state index in [1.165, 1.54) is 0 Å². The van der Waals surface area contributed by atoms with Crippen LogP contribution in [-0.2, 0) is 0 Å². The van der Waals surface area contributed by atoms with Gasteiger partial charge in [-0.2, -0.15) is 0 Å². The zero-order valence-corrected chi connectivity index (χ0v) is 56.2. The van der Waals surface area contributed by atoms with E-state index in [1.807, 2.05) is 285 Å². The Bertz CT molecular complexity index is 5460. The molecule has 0 radical (unpaired) electrons. The molecule has 5 amide bonds. The van der Waals surface area contributed by atoms with Crippen LogP contribution in [0.1, 0.15) is 96.3 Å². The van der Waals surface area contributed by atoms with Gasteiger partial charge in [0.2, 0.25) is 0 Å². The average molecular weight is 1330 g/mol. The van der Waals surface area contributed by atoms with Gasteiger partial charge >= 0.3 is 0 Å². The van der Waals surface area contributed by atoms with Crippen LogP contribution in [0.3, 0.4) is 0 Å². The van der Waals surface area contributed by atoms with Crippen LogP contribution in [0.4, 0.5) is 45.5 Å². The number of carbonyl (C=O) groups is 5. The minimum atomic E-state index is -0.228. The Morgan fingerprint density at radius 2 is 0.330 bits per heavy atom. The maximum atomic E-state index is 14.5. The van der Waals surface area contributed by atoms with E-state index in [1.54, 1.807) is 99.3 Å². The second-order valence-electron chi connectivity index (χ2n) is 23.9. The normalized spacial score (nSPS) is 10.3. The van der Waals surface area contributed by atoms with E-state index in [-0.39, 0.29) is 29.5 Å². The molecular weight excluding hydrogens is 1270 g/mol. The second kappa shape index (κ2) is 31.8. The molecular formula is C93H63N5O5. The monoisotopic (exact) mass is 1330 g/mol. The third-order valence-electron chi connectivity index (χ3n) is 17.0. The SMILES string of the molecule is CN(C(=O)c1ccc(C#Cc2ccc(N(C(=O)c3ccc(C#Cc4ccc(N(C(=O)c5ccc(C#Cc6ccc(N(C(=O)c7ccc(C#Cc8ccc(N(C)C(=O)c9ccccc9)cc8)cc7)c7ccccc7)cc6)cc5)c5ccccc5)cc4)cc3)c3ccccc3)cc2)cc1)c1ccccc1. The number of rotatable bonds is 13. The van der Waals surface area contributed by atoms with Crippen molar-refractivity contribution in [1.82, 2.24) is 0 Å². The van der Waals surface area contributed by atoms with E-state index >= 15 is 0 Å². The summed E-state index contributed by atoms with van der Waals surface area (Å²) in [6.45, 7) is 0. The lowest BCUT2D eigenvalue weighted by atomic mass is 10.1. The highest BCUT2D eigenvalue weighted by atomic mass is 16.2. The molecule has 0 spiro atoms. The standard InChI is InChI=1S/C93H63N5O5/c1-94(81-20-10-4-11-21-81)90(100)77-52-36-68(37-53-77)29-33-73-46-62-86(63-47-73)96(83-22-12-5-13-23-83)92(102)79-56-40-70(41-57-79)31-35-75-50-66-88(67-51-75)98(85-26-16-7-17-27-85)93(103)80-58-42-71(43-59-80)30-34-74-48-64-87(65-49-74)97(84-24-14-6-15-25-84)91(101)78-54-38-69(39-55-78)28-32-72-44-60-82(61-45-72)95(2)89(99)76-18-8-3-9-19-76/h3-27,36-67H,1-2H3. The number of para-hydroxylation sites is 4. The first-order valence-corrected chi connectivity index (χ1v) is 33.2. The van der Waals surface area contributed by atoms with Crippen LogP contribution in [0.5, 0.6) is 0 Å². The van der Waals surface area contributed by atoms with Crippen LogP contribution in [0.25, 0.3) is 0 Å². The van der Waals surface area contributed by atoms with Crippen LogP contribution in [0, 0.1) is 47.4 Å². The van der Waals surface area contributed by atoms with Crippen LogP contribution >= 0.6 is 0 Å². The number of nitrogens with zero attached hydrogens (tertiary/aromatic N) is 5. The molecule has 10 nitrogen and oxygen atoms in total. The highest BCUT2D eigenvalue weighted by molar-refractivity contribution is 6.13. The van der Waals surface area contributed by atoms with Gasteiger partial charge in [0.25, 0.3) is 29.5 Å². The fraction of sp³-hybridized carbons (Fsp3) is 0.0215. The van der Waals surface area contributed by atoms with Gasteiger partial charge in [0.05, 0.1) is 0 Å². The first-order valence-electron chi connectivity index (χ1n) is 33.2. The van der Waals surface area contributed by atoms with E-state index in [0.29, 0.717) is 67.5 Å². The van der Waals surface area contributed by atoms with E-state index in [4.69, 9.17) is 0 Å². The van der Waals surface area contributed by atoms with E-state index < -0.39 is 0 Å². The number of hydrogen-bond acceptors (Lipinski definition) is 5. The molecule has 0 unspecified atom stereocenters. The second-order valence-corrected chi connectivity index (χ2v) is 23.9. The zero-order chi connectivity index (χ0) is 70.9. The summed E-state index contributed by atoms with van der Waals surface area (Å²) < 4.78 is 0. The molecule has 0 aromatic heterocycles. The Morgan fingerprint density at radius 3 is 0.563 bits per heavy atom. The number of anilines is 8. The topological polar surface area (TPSA) is 102 Å². The lowest BCUT2D eigenvalue weighted by Crippen LogP contribution is -2.26.